The molecular weight excluding hydrogens is 819 g/mol. The van der Waals surface area contributed by atoms with E-state index in [0.717, 1.165) is 82.5 Å². The molecular formula is C54H71N3O8. The molecule has 6 rings (SSSR count). The van der Waals surface area contributed by atoms with E-state index >= 15 is 0 Å². The molecule has 0 aliphatic heterocycles. The Labute approximate surface area is 386 Å². The lowest BCUT2D eigenvalue weighted by atomic mass is 9.99. The van der Waals surface area contributed by atoms with Gasteiger partial charge in [-0.2, -0.15) is 0 Å². The molecule has 11 nitrogen and oxygen atoms in total. The summed E-state index contributed by atoms with van der Waals surface area (Å²) in [4.78, 5) is 0. The van der Waals surface area contributed by atoms with E-state index in [1.807, 2.05) is 84.9 Å². The summed E-state index contributed by atoms with van der Waals surface area (Å²) in [7, 11) is 1.65. The van der Waals surface area contributed by atoms with Crippen molar-refractivity contribution in [1.29, 1.82) is 0 Å². The highest BCUT2D eigenvalue weighted by Crippen LogP contribution is 2.36. The molecule has 0 bridgehead atoms. The summed E-state index contributed by atoms with van der Waals surface area (Å²) < 4.78 is 46.3. The largest absolute Gasteiger partial charge is 0.494 e. The van der Waals surface area contributed by atoms with Gasteiger partial charge in [0.15, 0.2) is 17.3 Å². The van der Waals surface area contributed by atoms with Crippen LogP contribution in [0.1, 0.15) is 122 Å². The second kappa shape index (κ2) is 28.6. The molecule has 3 aromatic heterocycles. The van der Waals surface area contributed by atoms with Gasteiger partial charge in [0.2, 0.25) is 0 Å². The first kappa shape index (κ1) is 49.2. The number of benzene rings is 3. The highest BCUT2D eigenvalue weighted by Gasteiger charge is 2.18. The Bertz CT molecular complexity index is 2050. The molecule has 0 unspecified atom stereocenters. The van der Waals surface area contributed by atoms with Crippen LogP contribution in [0.25, 0.3) is 56.5 Å². The van der Waals surface area contributed by atoms with Crippen LogP contribution in [0.3, 0.4) is 0 Å². The molecule has 0 saturated heterocycles. The molecule has 350 valence electrons. The summed E-state index contributed by atoms with van der Waals surface area (Å²) in [5.74, 6) is 3.51. The van der Waals surface area contributed by atoms with Crippen molar-refractivity contribution in [3.63, 3.8) is 0 Å². The second-order valence-corrected chi connectivity index (χ2v) is 16.8. The van der Waals surface area contributed by atoms with E-state index in [0.29, 0.717) is 56.7 Å². The van der Waals surface area contributed by atoms with Gasteiger partial charge in [-0.15, -0.1) is 0 Å². The molecule has 0 saturated carbocycles. The van der Waals surface area contributed by atoms with E-state index in [9.17, 15) is 0 Å². The smallest absolute Gasteiger partial charge is 0.167 e. The van der Waals surface area contributed by atoms with E-state index in [4.69, 9.17) is 37.3 Å². The van der Waals surface area contributed by atoms with Crippen LogP contribution in [0.15, 0.2) is 98.5 Å². The van der Waals surface area contributed by atoms with Crippen LogP contribution in [0.4, 0.5) is 0 Å². The Morgan fingerprint density at radius 3 is 1.25 bits per heavy atom. The zero-order valence-corrected chi connectivity index (χ0v) is 39.2. The summed E-state index contributed by atoms with van der Waals surface area (Å²) in [5.41, 5.74) is 6.49. The quantitative estimate of drug-likeness (QED) is 0.0360. The summed E-state index contributed by atoms with van der Waals surface area (Å²) in [6.07, 6.45) is 21.0. The lowest BCUT2D eigenvalue weighted by Crippen LogP contribution is -2.09. The molecule has 0 N–H and O–H groups in total. The van der Waals surface area contributed by atoms with Gasteiger partial charge in [0, 0.05) is 59.5 Å². The Hall–Kier alpha value is -5.23. The normalized spacial score (nSPS) is 11.4. The van der Waals surface area contributed by atoms with Gasteiger partial charge in [-0.05, 0) is 79.6 Å². The molecule has 0 radical (unpaired) electrons. The minimum atomic E-state index is 0.491. The minimum Gasteiger partial charge on any atom is -0.494 e. The molecule has 0 aliphatic rings. The summed E-state index contributed by atoms with van der Waals surface area (Å²) in [5, 5.41) is 13.3. The van der Waals surface area contributed by atoms with E-state index in [1.54, 1.807) is 7.11 Å². The van der Waals surface area contributed by atoms with E-state index < -0.39 is 0 Å². The van der Waals surface area contributed by atoms with Crippen molar-refractivity contribution in [2.75, 3.05) is 53.4 Å². The molecule has 0 amide bonds. The number of aromatic nitrogens is 3. The maximum absolute atomic E-state index is 6.05. The molecule has 65 heavy (non-hydrogen) atoms. The Morgan fingerprint density at radius 1 is 0.385 bits per heavy atom. The first-order valence-electron chi connectivity index (χ1n) is 24.3. The second-order valence-electron chi connectivity index (χ2n) is 16.8. The van der Waals surface area contributed by atoms with Crippen LogP contribution >= 0.6 is 0 Å². The van der Waals surface area contributed by atoms with Gasteiger partial charge < -0.3 is 37.3 Å². The predicted octanol–water partition coefficient (Wildman–Crippen LogP) is 14.2. The van der Waals surface area contributed by atoms with Crippen molar-refractivity contribution >= 4 is 0 Å². The molecule has 0 atom stereocenters. The van der Waals surface area contributed by atoms with E-state index in [1.165, 1.54) is 89.9 Å². The highest BCUT2D eigenvalue weighted by molar-refractivity contribution is 5.79. The van der Waals surface area contributed by atoms with Crippen molar-refractivity contribution in [2.24, 2.45) is 0 Å². The SMILES string of the molecule is CCCCCCCCCCOc1ccc(-c2cc(-c3cc(-c4cc(CCOCCOCCOC)no4)cc(-c4cc(-c5ccc(OCCCCCCCCCC)cc5)no4)c3)on2)cc1. The van der Waals surface area contributed by atoms with Crippen molar-refractivity contribution < 1.29 is 37.3 Å². The van der Waals surface area contributed by atoms with Gasteiger partial charge in [-0.25, -0.2) is 0 Å². The zero-order chi connectivity index (χ0) is 45.2. The van der Waals surface area contributed by atoms with E-state index in [-0.39, 0.29) is 0 Å². The molecule has 0 spiro atoms. The fourth-order valence-corrected chi connectivity index (χ4v) is 7.65. The van der Waals surface area contributed by atoms with Crippen molar-refractivity contribution in [3.8, 4) is 68.0 Å². The summed E-state index contributed by atoms with van der Waals surface area (Å²) in [6.45, 7) is 8.56. The topological polar surface area (TPSA) is 124 Å². The van der Waals surface area contributed by atoms with Crippen LogP contribution in [0.2, 0.25) is 0 Å². The number of unbranched alkanes of at least 4 members (excludes halogenated alkanes) is 14. The first-order valence-corrected chi connectivity index (χ1v) is 24.3. The maximum atomic E-state index is 6.05. The van der Waals surface area contributed by atoms with Gasteiger partial charge in [0.25, 0.3) is 0 Å². The zero-order valence-electron chi connectivity index (χ0n) is 39.2. The molecule has 3 aromatic carbocycles. The number of hydrogen-bond donors (Lipinski definition) is 0. The van der Waals surface area contributed by atoms with Gasteiger partial charge in [0.1, 0.15) is 22.9 Å². The average molecular weight is 890 g/mol. The van der Waals surface area contributed by atoms with Crippen LogP contribution < -0.4 is 9.47 Å². The highest BCUT2D eigenvalue weighted by atomic mass is 16.5. The van der Waals surface area contributed by atoms with Crippen LogP contribution in [-0.4, -0.2) is 68.8 Å². The maximum Gasteiger partial charge on any atom is 0.167 e. The van der Waals surface area contributed by atoms with Crippen molar-refractivity contribution in [1.82, 2.24) is 15.5 Å². The third kappa shape index (κ3) is 16.9. The van der Waals surface area contributed by atoms with Crippen LogP contribution in [-0.2, 0) is 20.6 Å². The molecule has 11 heteroatoms. The first-order chi connectivity index (χ1) is 32.1. The predicted molar refractivity (Wildman–Crippen MR) is 257 cm³/mol. The Morgan fingerprint density at radius 2 is 0.785 bits per heavy atom. The van der Waals surface area contributed by atoms with E-state index in [2.05, 4.69) is 29.3 Å². The Balaban J connectivity index is 1.11. The number of methoxy groups -OCH3 is 1. The third-order valence-electron chi connectivity index (χ3n) is 11.5. The average Bonchev–Trinajstić information content (AvgIpc) is 4.15. The van der Waals surface area contributed by atoms with Crippen molar-refractivity contribution in [3.05, 3.63) is 90.6 Å². The molecule has 3 heterocycles. The van der Waals surface area contributed by atoms with Crippen molar-refractivity contribution in [2.45, 2.75) is 123 Å². The molecule has 0 aliphatic carbocycles. The lowest BCUT2D eigenvalue weighted by molar-refractivity contribution is 0.0253. The number of hydrogen-bond acceptors (Lipinski definition) is 11. The fourth-order valence-electron chi connectivity index (χ4n) is 7.65. The number of ether oxygens (including phenoxy) is 5. The third-order valence-corrected chi connectivity index (χ3v) is 11.5. The monoisotopic (exact) mass is 890 g/mol. The fraction of sp³-hybridized carbons (Fsp3) is 0.500. The van der Waals surface area contributed by atoms with Crippen LogP contribution in [0, 0.1) is 0 Å². The summed E-state index contributed by atoms with van der Waals surface area (Å²) >= 11 is 0. The van der Waals surface area contributed by atoms with Gasteiger partial charge >= 0.3 is 0 Å². The minimum absolute atomic E-state index is 0.491. The van der Waals surface area contributed by atoms with Gasteiger partial charge in [-0.1, -0.05) is 119 Å². The van der Waals surface area contributed by atoms with Crippen LogP contribution in [0.5, 0.6) is 11.5 Å². The molecule has 0 fully saturated rings. The van der Waals surface area contributed by atoms with Gasteiger partial charge in [-0.3, -0.25) is 0 Å². The standard InChI is InChI=1S/C54H71N3O8/c1-4-6-8-10-12-14-16-18-29-61-48-24-20-42(21-25-48)50-40-53(64-56-50)45-36-44(52-39-47(55-63-52)28-31-59-34-35-60-33-32-58-3)37-46(38-45)54-41-51(57-65-54)43-22-26-49(27-23-43)62-30-19-17-15-13-11-9-7-5-2/h20-27,36-41H,4-19,28-35H2,1-3H3. The summed E-state index contributed by atoms with van der Waals surface area (Å²) in [6, 6.07) is 27.9. The lowest BCUT2D eigenvalue weighted by Gasteiger charge is -2.07. The Kier molecular flexibility index (Phi) is 21.7. The number of rotatable bonds is 34. The van der Waals surface area contributed by atoms with Gasteiger partial charge in [0.05, 0.1) is 51.9 Å². The number of nitrogens with zero attached hydrogens (tertiary/aromatic N) is 3. The molecule has 6 aromatic rings.